The zero-order valence-corrected chi connectivity index (χ0v) is 26.4. The number of amides is 3. The summed E-state index contributed by atoms with van der Waals surface area (Å²) >= 11 is 6.51. The Bertz CT molecular complexity index is 1970. The molecule has 2 aromatic heterocycles. The highest BCUT2D eigenvalue weighted by atomic mass is 35.5. The van der Waals surface area contributed by atoms with Crippen LogP contribution in [0.4, 0.5) is 28.8 Å². The van der Waals surface area contributed by atoms with Crippen molar-refractivity contribution in [3.8, 4) is 12.3 Å². The minimum Gasteiger partial charge on any atom is -0.351 e. The molecule has 0 spiro atoms. The van der Waals surface area contributed by atoms with E-state index in [1.54, 1.807) is 22.8 Å². The molecular weight excluding hydrogens is 606 g/mol. The van der Waals surface area contributed by atoms with Gasteiger partial charge in [0, 0.05) is 55.6 Å². The van der Waals surface area contributed by atoms with Crippen molar-refractivity contribution in [2.24, 2.45) is 7.05 Å². The van der Waals surface area contributed by atoms with Gasteiger partial charge in [-0.3, -0.25) is 24.4 Å². The molecule has 0 saturated carbocycles. The average Bonchev–Trinajstić information content (AvgIpc) is 3.51. The van der Waals surface area contributed by atoms with Gasteiger partial charge in [0.25, 0.3) is 0 Å². The SMILES string of the molecule is C#C[C@H]1CN(c2ncc(Cl)c(Nc3ccc4c(c3)CC(=O)N4C)n2)C[C@@H](C)N1c1ccc2c(C3CCC(=O)NC3=O)nn(C)c2c1. The maximum absolute atomic E-state index is 12.6. The van der Waals surface area contributed by atoms with Crippen LogP contribution in [0.5, 0.6) is 0 Å². The number of hydrogen-bond donors (Lipinski definition) is 2. The Hall–Kier alpha value is -5.15. The molecule has 3 aliphatic heterocycles. The van der Waals surface area contributed by atoms with E-state index in [4.69, 9.17) is 23.0 Å². The summed E-state index contributed by atoms with van der Waals surface area (Å²) in [6.07, 6.45) is 8.78. The number of nitrogens with one attached hydrogen (secondary N) is 2. The molecule has 5 heterocycles. The Morgan fingerprint density at radius 2 is 1.93 bits per heavy atom. The monoisotopic (exact) mass is 637 g/mol. The van der Waals surface area contributed by atoms with Crippen LogP contribution in [0.25, 0.3) is 10.9 Å². The molecule has 13 heteroatoms. The van der Waals surface area contributed by atoms with Gasteiger partial charge in [-0.2, -0.15) is 10.1 Å². The number of terminal acetylenes is 1. The second-order valence-corrected chi connectivity index (χ2v) is 12.4. The van der Waals surface area contributed by atoms with Crippen molar-refractivity contribution in [2.45, 2.75) is 44.2 Å². The zero-order chi connectivity index (χ0) is 32.3. The number of anilines is 5. The van der Waals surface area contributed by atoms with E-state index in [0.717, 1.165) is 33.5 Å². The van der Waals surface area contributed by atoms with Gasteiger partial charge in [0.05, 0.1) is 36.3 Å². The van der Waals surface area contributed by atoms with Gasteiger partial charge in [0.15, 0.2) is 5.82 Å². The maximum Gasteiger partial charge on any atom is 0.235 e. The highest BCUT2D eigenvalue weighted by Gasteiger charge is 2.35. The third-order valence-electron chi connectivity index (χ3n) is 9.05. The number of hydrogen-bond acceptors (Lipinski definition) is 9. The maximum atomic E-state index is 12.6. The van der Waals surface area contributed by atoms with Crippen LogP contribution >= 0.6 is 11.6 Å². The van der Waals surface area contributed by atoms with Gasteiger partial charge in [-0.15, -0.1) is 6.42 Å². The van der Waals surface area contributed by atoms with Gasteiger partial charge in [-0.05, 0) is 55.3 Å². The average molecular weight is 638 g/mol. The van der Waals surface area contributed by atoms with E-state index in [-0.39, 0.29) is 29.8 Å². The van der Waals surface area contributed by atoms with E-state index in [0.29, 0.717) is 54.8 Å². The summed E-state index contributed by atoms with van der Waals surface area (Å²) in [4.78, 5) is 51.6. The first-order valence-corrected chi connectivity index (χ1v) is 15.5. The van der Waals surface area contributed by atoms with Gasteiger partial charge in [0.2, 0.25) is 23.7 Å². The number of aryl methyl sites for hydroxylation is 1. The minimum absolute atomic E-state index is 0.00277. The minimum atomic E-state index is -0.472. The quantitative estimate of drug-likeness (QED) is 0.250. The molecule has 46 heavy (non-hydrogen) atoms. The lowest BCUT2D eigenvalue weighted by atomic mass is 9.92. The van der Waals surface area contributed by atoms with Crippen LogP contribution < -0.4 is 25.3 Å². The highest BCUT2D eigenvalue weighted by molar-refractivity contribution is 6.33. The molecule has 0 radical (unpaired) electrons. The summed E-state index contributed by atoms with van der Waals surface area (Å²) in [5.41, 5.74) is 5.11. The molecule has 7 rings (SSSR count). The van der Waals surface area contributed by atoms with Crippen molar-refractivity contribution in [3.63, 3.8) is 0 Å². The van der Waals surface area contributed by atoms with Gasteiger partial charge in [-0.25, -0.2) is 4.98 Å². The van der Waals surface area contributed by atoms with Crippen molar-refractivity contribution < 1.29 is 14.4 Å². The summed E-state index contributed by atoms with van der Waals surface area (Å²) in [6, 6.07) is 11.5. The van der Waals surface area contributed by atoms with Crippen molar-refractivity contribution in [1.82, 2.24) is 25.1 Å². The number of piperazine rings is 1. The normalized spacial score (nSPS) is 21.4. The number of aromatic nitrogens is 4. The van der Waals surface area contributed by atoms with Crippen molar-refractivity contribution in [1.29, 1.82) is 0 Å². The predicted octanol–water partition coefficient (Wildman–Crippen LogP) is 3.52. The Morgan fingerprint density at radius 1 is 1.11 bits per heavy atom. The van der Waals surface area contributed by atoms with E-state index in [1.807, 2.05) is 37.4 Å². The summed E-state index contributed by atoms with van der Waals surface area (Å²) in [5.74, 6) is 2.95. The molecule has 0 bridgehead atoms. The van der Waals surface area contributed by atoms with Crippen molar-refractivity contribution in [3.05, 3.63) is 58.9 Å². The van der Waals surface area contributed by atoms with Crippen LogP contribution in [0.15, 0.2) is 42.6 Å². The fraction of sp³-hybridized carbons (Fsp3) is 0.333. The lowest BCUT2D eigenvalue weighted by Gasteiger charge is -2.45. The first-order chi connectivity index (χ1) is 22.1. The molecule has 2 fully saturated rings. The number of nitrogens with zero attached hydrogens (tertiary/aromatic N) is 7. The fourth-order valence-electron chi connectivity index (χ4n) is 6.74. The lowest BCUT2D eigenvalue weighted by Crippen LogP contribution is -2.58. The third kappa shape index (κ3) is 5.06. The number of imide groups is 1. The van der Waals surface area contributed by atoms with Crippen molar-refractivity contribution >= 4 is 69.1 Å². The Labute approximate surface area is 270 Å². The van der Waals surface area contributed by atoms with Crippen LogP contribution in [0.1, 0.15) is 36.9 Å². The number of rotatable bonds is 5. The van der Waals surface area contributed by atoms with Crippen LogP contribution in [-0.4, -0.2) is 69.7 Å². The molecule has 2 N–H and O–H groups in total. The molecule has 3 atom stereocenters. The summed E-state index contributed by atoms with van der Waals surface area (Å²) < 4.78 is 1.77. The van der Waals surface area contributed by atoms with E-state index in [1.165, 1.54) is 0 Å². The van der Waals surface area contributed by atoms with E-state index < -0.39 is 5.92 Å². The lowest BCUT2D eigenvalue weighted by molar-refractivity contribution is -0.134. The molecule has 2 aromatic carbocycles. The molecular formula is C33H32ClN9O3. The largest absolute Gasteiger partial charge is 0.351 e. The third-order valence-corrected chi connectivity index (χ3v) is 9.32. The van der Waals surface area contributed by atoms with Gasteiger partial charge >= 0.3 is 0 Å². The van der Waals surface area contributed by atoms with E-state index in [9.17, 15) is 14.4 Å². The van der Waals surface area contributed by atoms with E-state index in [2.05, 4.69) is 49.4 Å². The molecule has 3 aliphatic rings. The van der Waals surface area contributed by atoms with Crippen LogP contribution in [-0.2, 0) is 27.9 Å². The molecule has 12 nitrogen and oxygen atoms in total. The Morgan fingerprint density at radius 3 is 2.72 bits per heavy atom. The first kappa shape index (κ1) is 29.6. The number of benzene rings is 2. The summed E-state index contributed by atoms with van der Waals surface area (Å²) in [5, 5.41) is 11.7. The smallest absolute Gasteiger partial charge is 0.235 e. The van der Waals surface area contributed by atoms with Crippen molar-refractivity contribution in [2.75, 3.05) is 40.2 Å². The second-order valence-electron chi connectivity index (χ2n) is 12.0. The molecule has 3 amide bonds. The molecule has 4 aromatic rings. The van der Waals surface area contributed by atoms with E-state index >= 15 is 0 Å². The number of fused-ring (bicyclic) bond motifs is 2. The Kier molecular flexibility index (Phi) is 7.28. The predicted molar refractivity (Wildman–Crippen MR) is 176 cm³/mol. The number of carbonyl (C=O) groups is 3. The molecule has 1 unspecified atom stereocenters. The zero-order valence-electron chi connectivity index (χ0n) is 25.6. The first-order valence-electron chi connectivity index (χ1n) is 15.1. The van der Waals surface area contributed by atoms with Gasteiger partial charge in [0.1, 0.15) is 11.1 Å². The standard InChI is InChI=1S/C33H32ClN9O3/c1-5-21-17-42(33-35-15-25(34)31(38-33)36-20-6-10-26-19(12-20)13-29(45)40(26)3)16-18(2)43(21)22-7-8-23-27(14-22)41(4)39-30(23)24-9-11-28(44)37-32(24)46/h1,6-8,10,12,14-15,18,21,24H,9,11,13,16-17H2,2-4H3,(H,35,36,38)(H,37,44,46)/t18-,21+,24?/m1/s1. The summed E-state index contributed by atoms with van der Waals surface area (Å²) in [7, 11) is 3.63. The molecule has 0 aliphatic carbocycles. The number of halogens is 1. The fourth-order valence-corrected chi connectivity index (χ4v) is 6.88. The number of piperidine rings is 1. The molecule has 2 saturated heterocycles. The second kappa shape index (κ2) is 11.3. The Balaban J connectivity index is 1.12. The number of carbonyl (C=O) groups excluding carboxylic acids is 3. The van der Waals surface area contributed by atoms with Gasteiger partial charge < -0.3 is 20.0 Å². The molecule has 234 valence electrons. The van der Waals surface area contributed by atoms with Crippen LogP contribution in [0, 0.1) is 12.3 Å². The highest BCUT2D eigenvalue weighted by Crippen LogP contribution is 2.36. The van der Waals surface area contributed by atoms with Crippen LogP contribution in [0.2, 0.25) is 5.02 Å². The summed E-state index contributed by atoms with van der Waals surface area (Å²) in [6.45, 7) is 3.20. The topological polar surface area (TPSA) is 129 Å². The van der Waals surface area contributed by atoms with Gasteiger partial charge in [-0.1, -0.05) is 17.5 Å². The number of likely N-dealkylation sites (N-methyl/N-ethyl adjacent to an activating group) is 1. The van der Waals surface area contributed by atoms with Crippen LogP contribution in [0.3, 0.4) is 0 Å².